The van der Waals surface area contributed by atoms with Gasteiger partial charge in [0.1, 0.15) is 0 Å². The van der Waals surface area contributed by atoms with Gasteiger partial charge in [-0.3, -0.25) is 19.2 Å². The number of rotatable bonds is 10. The number of amides is 3. The number of fused-ring (bicyclic) bond motifs is 3. The molecular weight excluding hydrogens is 492 g/mol. The van der Waals surface area contributed by atoms with Crippen molar-refractivity contribution in [1.82, 2.24) is 16.0 Å². The molecule has 38 heavy (non-hydrogen) atoms. The van der Waals surface area contributed by atoms with Crippen molar-refractivity contribution >= 4 is 23.4 Å². The van der Waals surface area contributed by atoms with E-state index in [1.807, 2.05) is 12.1 Å². The van der Waals surface area contributed by atoms with E-state index in [1.54, 1.807) is 20.3 Å². The van der Waals surface area contributed by atoms with Gasteiger partial charge in [0.05, 0.1) is 39.6 Å². The molecule has 0 saturated heterocycles. The SMILES string of the molecule is COc1cc2c(c(OC)c1OC)-c1ccc(NCCNC(=O)CNC(C)=O)c(=O)cc1[C@@H](NC(C)=O)CC2. The minimum Gasteiger partial charge on any atom is -0.493 e. The first-order valence-electron chi connectivity index (χ1n) is 12.2. The topological polar surface area (TPSA) is 144 Å². The van der Waals surface area contributed by atoms with E-state index in [0.717, 1.165) is 16.7 Å². The summed E-state index contributed by atoms with van der Waals surface area (Å²) in [5.74, 6) is 0.594. The molecule has 0 heterocycles. The number of methoxy groups -OCH3 is 3. The van der Waals surface area contributed by atoms with Crippen LogP contribution in [0, 0.1) is 0 Å². The average Bonchev–Trinajstić information content (AvgIpc) is 3.12. The van der Waals surface area contributed by atoms with E-state index in [9.17, 15) is 19.2 Å². The molecule has 1 atom stereocenters. The summed E-state index contributed by atoms with van der Waals surface area (Å²) in [6.07, 6.45) is 1.16. The van der Waals surface area contributed by atoms with Crippen LogP contribution >= 0.6 is 0 Å². The Morgan fingerprint density at radius 3 is 2.29 bits per heavy atom. The van der Waals surface area contributed by atoms with Crippen molar-refractivity contribution in [3.05, 3.63) is 45.6 Å². The largest absolute Gasteiger partial charge is 0.493 e. The molecule has 0 unspecified atom stereocenters. The van der Waals surface area contributed by atoms with Crippen LogP contribution in [0.25, 0.3) is 11.1 Å². The minimum atomic E-state index is -0.405. The van der Waals surface area contributed by atoms with Gasteiger partial charge < -0.3 is 35.5 Å². The summed E-state index contributed by atoms with van der Waals surface area (Å²) < 4.78 is 16.9. The third-order valence-corrected chi connectivity index (χ3v) is 6.18. The molecule has 0 aromatic heterocycles. The highest BCUT2D eigenvalue weighted by Crippen LogP contribution is 2.50. The summed E-state index contributed by atoms with van der Waals surface area (Å²) in [4.78, 5) is 48.0. The van der Waals surface area contributed by atoms with Crippen LogP contribution in [0.4, 0.5) is 5.69 Å². The van der Waals surface area contributed by atoms with E-state index >= 15 is 0 Å². The van der Waals surface area contributed by atoms with Gasteiger partial charge in [0.15, 0.2) is 11.5 Å². The van der Waals surface area contributed by atoms with Crippen LogP contribution in [0.1, 0.15) is 37.4 Å². The Morgan fingerprint density at radius 2 is 1.66 bits per heavy atom. The van der Waals surface area contributed by atoms with Gasteiger partial charge in [-0.05, 0) is 47.7 Å². The van der Waals surface area contributed by atoms with Crippen molar-refractivity contribution in [2.45, 2.75) is 32.7 Å². The zero-order valence-corrected chi connectivity index (χ0v) is 22.3. The predicted molar refractivity (Wildman–Crippen MR) is 143 cm³/mol. The summed E-state index contributed by atoms with van der Waals surface area (Å²) in [6.45, 7) is 3.19. The number of hydrogen-bond acceptors (Lipinski definition) is 8. The molecule has 1 aliphatic carbocycles. The number of benzene rings is 1. The van der Waals surface area contributed by atoms with E-state index in [1.165, 1.54) is 27.0 Å². The molecule has 0 aliphatic heterocycles. The van der Waals surface area contributed by atoms with Crippen LogP contribution < -0.4 is 40.9 Å². The summed E-state index contributed by atoms with van der Waals surface area (Å²) >= 11 is 0. The number of nitrogens with one attached hydrogen (secondary N) is 4. The molecule has 11 nitrogen and oxygen atoms in total. The Bertz CT molecular complexity index is 1280. The smallest absolute Gasteiger partial charge is 0.239 e. The summed E-state index contributed by atoms with van der Waals surface area (Å²) in [7, 11) is 4.63. The number of hydrogen-bond donors (Lipinski definition) is 4. The zero-order chi connectivity index (χ0) is 27.8. The maximum atomic E-state index is 13.2. The van der Waals surface area contributed by atoms with Crippen LogP contribution in [-0.2, 0) is 20.8 Å². The Morgan fingerprint density at radius 1 is 0.921 bits per heavy atom. The number of carbonyl (C=O) groups is 3. The van der Waals surface area contributed by atoms with Crippen LogP contribution in [0.3, 0.4) is 0 Å². The molecule has 0 fully saturated rings. The third-order valence-electron chi connectivity index (χ3n) is 6.18. The average molecular weight is 527 g/mol. The monoisotopic (exact) mass is 526 g/mol. The van der Waals surface area contributed by atoms with Gasteiger partial charge in [-0.1, -0.05) is 6.07 Å². The summed E-state index contributed by atoms with van der Waals surface area (Å²) in [5.41, 5.74) is 3.14. The molecule has 2 aromatic carbocycles. The summed E-state index contributed by atoms with van der Waals surface area (Å²) in [6, 6.07) is 6.51. The molecule has 1 aliphatic rings. The number of anilines is 1. The molecule has 4 N–H and O–H groups in total. The predicted octanol–water partition coefficient (Wildman–Crippen LogP) is 1.53. The molecule has 3 rings (SSSR count). The zero-order valence-electron chi connectivity index (χ0n) is 22.3. The number of ether oxygens (including phenoxy) is 3. The van der Waals surface area contributed by atoms with Gasteiger partial charge in [0.25, 0.3) is 0 Å². The highest BCUT2D eigenvalue weighted by Gasteiger charge is 2.29. The Labute approximate surface area is 221 Å². The molecule has 0 spiro atoms. The first kappa shape index (κ1) is 28.3. The van der Waals surface area contributed by atoms with E-state index in [2.05, 4.69) is 21.3 Å². The first-order chi connectivity index (χ1) is 18.2. The van der Waals surface area contributed by atoms with Crippen LogP contribution in [-0.4, -0.2) is 58.7 Å². The Hall–Kier alpha value is -4.28. The fraction of sp³-hybridized carbons (Fsp3) is 0.407. The fourth-order valence-electron chi connectivity index (χ4n) is 4.52. The molecule has 11 heteroatoms. The quantitative estimate of drug-likeness (QED) is 0.341. The minimum absolute atomic E-state index is 0.116. The lowest BCUT2D eigenvalue weighted by Crippen LogP contribution is -2.38. The summed E-state index contributed by atoms with van der Waals surface area (Å²) in [5, 5.41) is 11.1. The molecule has 3 amide bonds. The van der Waals surface area contributed by atoms with Crippen LogP contribution in [0.2, 0.25) is 0 Å². The molecule has 204 valence electrons. The third kappa shape index (κ3) is 6.53. The number of aryl methyl sites for hydroxylation is 1. The molecule has 0 saturated carbocycles. The highest BCUT2D eigenvalue weighted by molar-refractivity contribution is 5.84. The van der Waals surface area contributed by atoms with Gasteiger partial charge in [0, 0.05) is 32.5 Å². The van der Waals surface area contributed by atoms with Gasteiger partial charge in [-0.2, -0.15) is 0 Å². The lowest BCUT2D eigenvalue weighted by atomic mass is 9.95. The fourth-order valence-corrected chi connectivity index (χ4v) is 4.52. The van der Waals surface area contributed by atoms with Gasteiger partial charge in [0.2, 0.25) is 28.9 Å². The highest BCUT2D eigenvalue weighted by atomic mass is 16.5. The maximum absolute atomic E-state index is 13.2. The van der Waals surface area contributed by atoms with Crippen molar-refractivity contribution in [3.8, 4) is 28.4 Å². The number of carbonyl (C=O) groups excluding carboxylic acids is 3. The molecule has 0 radical (unpaired) electrons. The normalized spacial score (nSPS) is 13.7. The van der Waals surface area contributed by atoms with Gasteiger partial charge >= 0.3 is 0 Å². The molecular formula is C27H34N4O7. The van der Waals surface area contributed by atoms with E-state index in [-0.39, 0.29) is 42.8 Å². The molecule has 0 bridgehead atoms. The van der Waals surface area contributed by atoms with Crippen molar-refractivity contribution in [2.75, 3.05) is 46.3 Å². The van der Waals surface area contributed by atoms with Gasteiger partial charge in [-0.25, -0.2) is 0 Å². The van der Waals surface area contributed by atoms with E-state index in [4.69, 9.17) is 14.2 Å². The Kier molecular flexibility index (Phi) is 9.53. The lowest BCUT2D eigenvalue weighted by Gasteiger charge is -2.19. The van der Waals surface area contributed by atoms with E-state index < -0.39 is 6.04 Å². The standard InChI is InChI=1S/C27H34N4O7/c1-15(32)30-14-24(35)29-11-10-28-21-9-7-18-19(13-22(21)34)20(31-16(2)33)8-6-17-12-23(36-3)26(37-4)27(38-5)25(17)18/h7,9,12-13,20H,6,8,10-11,14H2,1-5H3,(H,28,34)(H,29,35)(H,30,32)(H,31,33)/t20-/m0/s1. The second-order valence-corrected chi connectivity index (χ2v) is 8.78. The van der Waals surface area contributed by atoms with Crippen molar-refractivity contribution < 1.29 is 28.6 Å². The molecule has 2 aromatic rings. The van der Waals surface area contributed by atoms with E-state index in [0.29, 0.717) is 41.3 Å². The van der Waals surface area contributed by atoms with Crippen LogP contribution in [0.15, 0.2) is 29.1 Å². The first-order valence-corrected chi connectivity index (χ1v) is 12.2. The van der Waals surface area contributed by atoms with Crippen molar-refractivity contribution in [3.63, 3.8) is 0 Å². The second-order valence-electron chi connectivity index (χ2n) is 8.78. The Balaban J connectivity index is 2.02. The van der Waals surface area contributed by atoms with Crippen molar-refractivity contribution in [2.24, 2.45) is 0 Å². The van der Waals surface area contributed by atoms with Crippen LogP contribution in [0.5, 0.6) is 17.2 Å². The maximum Gasteiger partial charge on any atom is 0.239 e. The lowest BCUT2D eigenvalue weighted by molar-refractivity contribution is -0.124. The van der Waals surface area contributed by atoms with Gasteiger partial charge in [-0.15, -0.1) is 0 Å². The van der Waals surface area contributed by atoms with Crippen molar-refractivity contribution in [1.29, 1.82) is 0 Å². The second kappa shape index (κ2) is 12.8.